The average molecular weight is 374 g/mol. The van der Waals surface area contributed by atoms with Gasteiger partial charge in [0.25, 0.3) is 0 Å². The molecule has 0 spiro atoms. The van der Waals surface area contributed by atoms with Crippen molar-refractivity contribution in [3.05, 3.63) is 98.8 Å². The second kappa shape index (κ2) is 7.19. The Kier molecular flexibility index (Phi) is 4.71. The van der Waals surface area contributed by atoms with Gasteiger partial charge in [0, 0.05) is 41.4 Å². The molecule has 0 amide bonds. The van der Waals surface area contributed by atoms with Gasteiger partial charge in [-0.3, -0.25) is 9.79 Å². The smallest absolute Gasteiger partial charge is 0.248 e. The molecular weight excluding hydrogens is 351 g/mol. The van der Waals surface area contributed by atoms with Crippen LogP contribution in [0.15, 0.2) is 75.6 Å². The van der Waals surface area contributed by atoms with Crippen LogP contribution >= 0.6 is 0 Å². The van der Waals surface area contributed by atoms with Crippen LogP contribution in [0.25, 0.3) is 6.08 Å². The fraction of sp³-hybridized carbons (Fsp3) is 0.250. The standard InChI is InChI=1S/C24H23FN2O/c1-3-19-18-13-16(2)15-24(19,20-10-11-23(28)27-22(20)14-18)26-12-6-8-17-7-4-5-9-21(17)25/h3-13,18H,14-15H2,1-2H3,(H,27,28)/b8-6?,19-3+,26-12?/t18-,24+/m0/s1. The number of nitrogens with zero attached hydrogens (tertiary/aromatic N) is 1. The summed E-state index contributed by atoms with van der Waals surface area (Å²) in [6.45, 7) is 4.18. The van der Waals surface area contributed by atoms with Crippen LogP contribution < -0.4 is 5.56 Å². The van der Waals surface area contributed by atoms with Gasteiger partial charge in [-0.25, -0.2) is 4.39 Å². The Labute approximate surface area is 164 Å². The van der Waals surface area contributed by atoms with Gasteiger partial charge < -0.3 is 4.98 Å². The number of fused-ring (bicyclic) bond motifs is 4. The molecule has 4 heteroatoms. The lowest BCUT2D eigenvalue weighted by molar-refractivity contribution is 0.413. The van der Waals surface area contributed by atoms with Crippen molar-refractivity contribution in [1.82, 2.24) is 4.98 Å². The molecular formula is C24H23FN2O. The molecule has 2 aromatic rings. The van der Waals surface area contributed by atoms with Crippen LogP contribution in [0, 0.1) is 11.7 Å². The molecule has 2 aliphatic carbocycles. The molecule has 1 aromatic carbocycles. The molecule has 0 unspecified atom stereocenters. The van der Waals surface area contributed by atoms with Crippen molar-refractivity contribution in [3.8, 4) is 0 Å². The summed E-state index contributed by atoms with van der Waals surface area (Å²) in [6.07, 6.45) is 11.3. The molecule has 142 valence electrons. The highest BCUT2D eigenvalue weighted by atomic mass is 19.1. The van der Waals surface area contributed by atoms with E-state index in [2.05, 4.69) is 24.1 Å². The predicted octanol–water partition coefficient (Wildman–Crippen LogP) is 4.96. The van der Waals surface area contributed by atoms with Gasteiger partial charge in [0.05, 0.1) is 0 Å². The van der Waals surface area contributed by atoms with Gasteiger partial charge in [0.2, 0.25) is 5.56 Å². The van der Waals surface area contributed by atoms with E-state index in [9.17, 15) is 9.18 Å². The van der Waals surface area contributed by atoms with Crippen LogP contribution in [0.2, 0.25) is 0 Å². The van der Waals surface area contributed by atoms with E-state index in [1.165, 1.54) is 17.2 Å². The maximum absolute atomic E-state index is 13.8. The Balaban J connectivity index is 1.78. The van der Waals surface area contributed by atoms with Crippen molar-refractivity contribution in [2.45, 2.75) is 32.2 Å². The summed E-state index contributed by atoms with van der Waals surface area (Å²) >= 11 is 0. The van der Waals surface area contributed by atoms with E-state index >= 15 is 0 Å². The first-order valence-corrected chi connectivity index (χ1v) is 9.56. The number of aromatic nitrogens is 1. The van der Waals surface area contributed by atoms with E-state index in [1.54, 1.807) is 36.6 Å². The first-order chi connectivity index (χ1) is 13.5. The fourth-order valence-electron chi connectivity index (χ4n) is 4.58. The predicted molar refractivity (Wildman–Crippen MR) is 112 cm³/mol. The van der Waals surface area contributed by atoms with Crippen molar-refractivity contribution in [3.63, 3.8) is 0 Å². The average Bonchev–Trinajstić information content (AvgIpc) is 2.65. The highest BCUT2D eigenvalue weighted by molar-refractivity contribution is 5.79. The fourth-order valence-corrected chi connectivity index (χ4v) is 4.58. The first kappa shape index (κ1) is 18.4. The highest BCUT2D eigenvalue weighted by Crippen LogP contribution is 2.51. The topological polar surface area (TPSA) is 45.2 Å². The molecule has 0 radical (unpaired) electrons. The number of rotatable bonds is 3. The third-order valence-electron chi connectivity index (χ3n) is 5.64. The summed E-state index contributed by atoms with van der Waals surface area (Å²) in [6, 6.07) is 10.1. The number of pyridine rings is 1. The second-order valence-electron chi connectivity index (χ2n) is 7.48. The molecule has 0 saturated carbocycles. The van der Waals surface area contributed by atoms with Crippen LogP contribution in [0.4, 0.5) is 4.39 Å². The van der Waals surface area contributed by atoms with E-state index in [0.29, 0.717) is 5.56 Å². The maximum atomic E-state index is 13.8. The maximum Gasteiger partial charge on any atom is 0.248 e. The van der Waals surface area contributed by atoms with E-state index in [-0.39, 0.29) is 17.3 Å². The molecule has 1 N–H and O–H groups in total. The van der Waals surface area contributed by atoms with Crippen LogP contribution in [-0.2, 0) is 12.0 Å². The first-order valence-electron chi connectivity index (χ1n) is 9.56. The summed E-state index contributed by atoms with van der Waals surface area (Å²) < 4.78 is 13.8. The van der Waals surface area contributed by atoms with Gasteiger partial charge in [-0.05, 0) is 44.1 Å². The Bertz CT molecular complexity index is 1090. The van der Waals surface area contributed by atoms with E-state index in [4.69, 9.17) is 4.99 Å². The van der Waals surface area contributed by atoms with E-state index in [1.807, 2.05) is 19.1 Å². The number of H-pyrrole nitrogens is 1. The molecule has 4 rings (SSSR count). The lowest BCUT2D eigenvalue weighted by Gasteiger charge is -2.45. The van der Waals surface area contributed by atoms with Crippen molar-refractivity contribution in [2.75, 3.05) is 0 Å². The second-order valence-corrected chi connectivity index (χ2v) is 7.48. The van der Waals surface area contributed by atoms with Crippen LogP contribution in [0.5, 0.6) is 0 Å². The van der Waals surface area contributed by atoms with Crippen molar-refractivity contribution < 1.29 is 4.39 Å². The minimum Gasteiger partial charge on any atom is -0.326 e. The Morgan fingerprint density at radius 3 is 2.86 bits per heavy atom. The van der Waals surface area contributed by atoms with E-state index in [0.717, 1.165) is 24.1 Å². The summed E-state index contributed by atoms with van der Waals surface area (Å²) in [5, 5.41) is 0. The van der Waals surface area contributed by atoms with E-state index < -0.39 is 5.54 Å². The van der Waals surface area contributed by atoms with Crippen LogP contribution in [0.3, 0.4) is 0 Å². The minimum absolute atomic E-state index is 0.0833. The monoisotopic (exact) mass is 374 g/mol. The highest BCUT2D eigenvalue weighted by Gasteiger charge is 2.46. The molecule has 1 heterocycles. The number of nitrogens with one attached hydrogen (secondary N) is 1. The van der Waals surface area contributed by atoms with Crippen molar-refractivity contribution in [2.24, 2.45) is 10.9 Å². The molecule has 0 aliphatic heterocycles. The number of hydrogen-bond acceptors (Lipinski definition) is 2. The van der Waals surface area contributed by atoms with Gasteiger partial charge in [-0.2, -0.15) is 0 Å². The van der Waals surface area contributed by atoms with Crippen molar-refractivity contribution in [1.29, 1.82) is 0 Å². The normalized spacial score (nSPS) is 25.3. The summed E-state index contributed by atoms with van der Waals surface area (Å²) in [7, 11) is 0. The number of allylic oxidation sites excluding steroid dienone is 3. The van der Waals surface area contributed by atoms with Gasteiger partial charge in [0.1, 0.15) is 11.4 Å². The lowest BCUT2D eigenvalue weighted by atomic mass is 9.63. The molecule has 0 saturated heterocycles. The third kappa shape index (κ3) is 3.09. The zero-order chi connectivity index (χ0) is 19.7. The number of aromatic amines is 1. The molecule has 28 heavy (non-hydrogen) atoms. The number of halogens is 1. The van der Waals surface area contributed by atoms with Gasteiger partial charge in [0.15, 0.2) is 0 Å². The largest absolute Gasteiger partial charge is 0.326 e. The van der Waals surface area contributed by atoms with Crippen LogP contribution in [-0.4, -0.2) is 11.2 Å². The summed E-state index contributed by atoms with van der Waals surface area (Å²) in [5.74, 6) is -0.0199. The molecule has 2 aliphatic rings. The number of aliphatic imine (C=N–C) groups is 1. The van der Waals surface area contributed by atoms with Crippen molar-refractivity contribution >= 4 is 12.3 Å². The third-order valence-corrected chi connectivity index (χ3v) is 5.64. The Morgan fingerprint density at radius 2 is 2.07 bits per heavy atom. The lowest BCUT2D eigenvalue weighted by Crippen LogP contribution is -2.40. The SMILES string of the molecule is C/C=C1\[C@H]2C=C(C)C[C@]1(N=CC=Cc1ccccc1F)c1ccc(=O)[nH]c1C2. The Hall–Kier alpha value is -3.01. The summed E-state index contributed by atoms with van der Waals surface area (Å²) in [4.78, 5) is 19.9. The number of benzene rings is 1. The molecule has 1 aromatic heterocycles. The van der Waals surface area contributed by atoms with Gasteiger partial charge >= 0.3 is 0 Å². The molecule has 2 atom stereocenters. The zero-order valence-electron chi connectivity index (χ0n) is 16.1. The zero-order valence-corrected chi connectivity index (χ0v) is 16.1. The molecule has 3 nitrogen and oxygen atoms in total. The minimum atomic E-state index is -0.518. The Morgan fingerprint density at radius 1 is 1.25 bits per heavy atom. The van der Waals surface area contributed by atoms with Crippen LogP contribution in [0.1, 0.15) is 37.1 Å². The van der Waals surface area contributed by atoms with Gasteiger partial charge in [-0.1, -0.05) is 42.0 Å². The van der Waals surface area contributed by atoms with Gasteiger partial charge in [-0.15, -0.1) is 0 Å². The molecule has 0 fully saturated rings. The number of hydrogen-bond donors (Lipinski definition) is 1. The molecule has 2 bridgehead atoms. The summed E-state index contributed by atoms with van der Waals surface area (Å²) in [5.41, 5.74) is 4.50. The quantitative estimate of drug-likeness (QED) is 0.599.